The molecule has 2 rings (SSSR count). The van der Waals surface area contributed by atoms with E-state index in [1.807, 2.05) is 13.1 Å². The second-order valence-corrected chi connectivity index (χ2v) is 5.18. The van der Waals surface area contributed by atoms with Crippen LogP contribution in [0.2, 0.25) is 0 Å². The largest absolute Gasteiger partial charge is 0.273 e. The van der Waals surface area contributed by atoms with Gasteiger partial charge in [0.1, 0.15) is 4.90 Å². The lowest BCUT2D eigenvalue weighted by molar-refractivity contribution is 0.597. The standard InChI is InChI=1S/C9H13N5O2S/c1-2-13-5-8(3-11-13)6-14-7-9(4-12-14)17(10,15)16/h3-5,7H,2,6H2,1H3,(H2,10,15,16). The molecule has 2 heterocycles. The highest BCUT2D eigenvalue weighted by Crippen LogP contribution is 2.06. The molecule has 2 N–H and O–H groups in total. The fraction of sp³-hybridized carbons (Fsp3) is 0.333. The number of sulfonamides is 1. The molecular formula is C9H13N5O2S. The summed E-state index contributed by atoms with van der Waals surface area (Å²) in [6, 6.07) is 0. The van der Waals surface area contributed by atoms with Gasteiger partial charge in [0, 0.05) is 24.5 Å². The summed E-state index contributed by atoms with van der Waals surface area (Å²) in [5.74, 6) is 0. The topological polar surface area (TPSA) is 95.8 Å². The van der Waals surface area contributed by atoms with Gasteiger partial charge in [-0.15, -0.1) is 0 Å². The Morgan fingerprint density at radius 3 is 2.47 bits per heavy atom. The zero-order chi connectivity index (χ0) is 12.5. The van der Waals surface area contributed by atoms with Crippen molar-refractivity contribution in [1.82, 2.24) is 19.6 Å². The molecule has 92 valence electrons. The minimum absolute atomic E-state index is 0.0142. The Morgan fingerprint density at radius 2 is 1.94 bits per heavy atom. The van der Waals surface area contributed by atoms with Crippen LogP contribution in [-0.4, -0.2) is 28.0 Å². The summed E-state index contributed by atoms with van der Waals surface area (Å²) in [6.07, 6.45) is 6.25. The molecule has 0 aliphatic heterocycles. The summed E-state index contributed by atoms with van der Waals surface area (Å²) in [5.41, 5.74) is 0.955. The zero-order valence-electron chi connectivity index (χ0n) is 9.31. The third kappa shape index (κ3) is 2.71. The van der Waals surface area contributed by atoms with E-state index in [0.717, 1.165) is 12.1 Å². The van der Waals surface area contributed by atoms with Crippen LogP contribution in [0, 0.1) is 0 Å². The van der Waals surface area contributed by atoms with E-state index in [1.54, 1.807) is 10.9 Å². The maximum Gasteiger partial charge on any atom is 0.241 e. The molecule has 0 radical (unpaired) electrons. The Balaban J connectivity index is 2.17. The van der Waals surface area contributed by atoms with E-state index in [2.05, 4.69) is 10.2 Å². The van der Waals surface area contributed by atoms with Gasteiger partial charge in [0.25, 0.3) is 0 Å². The molecule has 0 spiro atoms. The van der Waals surface area contributed by atoms with Crippen molar-refractivity contribution in [3.8, 4) is 0 Å². The van der Waals surface area contributed by atoms with Gasteiger partial charge in [0.15, 0.2) is 0 Å². The molecule has 8 heteroatoms. The van der Waals surface area contributed by atoms with E-state index in [-0.39, 0.29) is 4.90 Å². The number of aromatic nitrogens is 4. The average Bonchev–Trinajstić information content (AvgIpc) is 2.86. The number of nitrogens with zero attached hydrogens (tertiary/aromatic N) is 4. The Kier molecular flexibility index (Phi) is 2.99. The van der Waals surface area contributed by atoms with Gasteiger partial charge in [-0.25, -0.2) is 13.6 Å². The van der Waals surface area contributed by atoms with Crippen molar-refractivity contribution < 1.29 is 8.42 Å². The predicted octanol–water partition coefficient (Wildman–Crippen LogP) is -0.205. The summed E-state index contributed by atoms with van der Waals surface area (Å²) in [6.45, 7) is 3.25. The van der Waals surface area contributed by atoms with Crippen LogP contribution < -0.4 is 5.14 Å². The first kappa shape index (κ1) is 11.8. The van der Waals surface area contributed by atoms with E-state index in [9.17, 15) is 8.42 Å². The first-order valence-corrected chi connectivity index (χ1v) is 6.60. The second-order valence-electron chi connectivity index (χ2n) is 3.62. The molecule has 2 aromatic heterocycles. The highest BCUT2D eigenvalue weighted by atomic mass is 32.2. The highest BCUT2D eigenvalue weighted by molar-refractivity contribution is 7.89. The lowest BCUT2D eigenvalue weighted by Crippen LogP contribution is -2.11. The van der Waals surface area contributed by atoms with Crippen molar-refractivity contribution in [3.05, 3.63) is 30.4 Å². The Labute approximate surface area is 98.9 Å². The minimum Gasteiger partial charge on any atom is -0.273 e. The normalized spacial score (nSPS) is 11.9. The van der Waals surface area contributed by atoms with E-state index in [1.165, 1.54) is 17.1 Å². The second kappa shape index (κ2) is 4.30. The van der Waals surface area contributed by atoms with E-state index in [0.29, 0.717) is 6.54 Å². The summed E-state index contributed by atoms with van der Waals surface area (Å²) < 4.78 is 25.4. The number of nitrogens with two attached hydrogens (primary N) is 1. The van der Waals surface area contributed by atoms with Crippen molar-refractivity contribution >= 4 is 10.0 Å². The van der Waals surface area contributed by atoms with Crippen molar-refractivity contribution in [3.63, 3.8) is 0 Å². The van der Waals surface area contributed by atoms with Crippen LogP contribution in [0.5, 0.6) is 0 Å². The molecule has 0 saturated carbocycles. The van der Waals surface area contributed by atoms with Crippen molar-refractivity contribution in [1.29, 1.82) is 0 Å². The number of hydrogen-bond donors (Lipinski definition) is 1. The Hall–Kier alpha value is -1.67. The molecule has 0 aliphatic rings. The smallest absolute Gasteiger partial charge is 0.241 e. The molecule has 0 unspecified atom stereocenters. The van der Waals surface area contributed by atoms with Gasteiger partial charge in [0.05, 0.1) is 18.9 Å². The number of hydrogen-bond acceptors (Lipinski definition) is 4. The van der Waals surface area contributed by atoms with Gasteiger partial charge in [-0.3, -0.25) is 9.36 Å². The van der Waals surface area contributed by atoms with Crippen LogP contribution in [0.4, 0.5) is 0 Å². The van der Waals surface area contributed by atoms with Crippen molar-refractivity contribution in [2.24, 2.45) is 5.14 Å². The number of rotatable bonds is 4. The zero-order valence-corrected chi connectivity index (χ0v) is 10.1. The van der Waals surface area contributed by atoms with Gasteiger partial charge in [0.2, 0.25) is 10.0 Å². The minimum atomic E-state index is -3.68. The lowest BCUT2D eigenvalue weighted by Gasteiger charge is -1.97. The van der Waals surface area contributed by atoms with Gasteiger partial charge in [-0.2, -0.15) is 10.2 Å². The van der Waals surface area contributed by atoms with Crippen LogP contribution in [-0.2, 0) is 23.1 Å². The molecule has 0 atom stereocenters. The first-order valence-electron chi connectivity index (χ1n) is 5.05. The Bertz CT molecular complexity index is 613. The van der Waals surface area contributed by atoms with Gasteiger partial charge in [-0.1, -0.05) is 0 Å². The average molecular weight is 255 g/mol. The summed E-state index contributed by atoms with van der Waals surface area (Å²) >= 11 is 0. The molecule has 0 bridgehead atoms. The van der Waals surface area contributed by atoms with Crippen LogP contribution >= 0.6 is 0 Å². The number of primary sulfonamides is 1. The molecular weight excluding hydrogens is 242 g/mol. The van der Waals surface area contributed by atoms with Gasteiger partial charge in [-0.05, 0) is 6.92 Å². The molecule has 2 aromatic rings. The predicted molar refractivity (Wildman–Crippen MR) is 60.6 cm³/mol. The van der Waals surface area contributed by atoms with Gasteiger partial charge >= 0.3 is 0 Å². The Morgan fingerprint density at radius 1 is 1.24 bits per heavy atom. The first-order chi connectivity index (χ1) is 7.99. The molecule has 0 saturated heterocycles. The van der Waals surface area contributed by atoms with Crippen molar-refractivity contribution in [2.45, 2.75) is 24.9 Å². The van der Waals surface area contributed by atoms with Crippen LogP contribution in [0.15, 0.2) is 29.7 Å². The summed E-state index contributed by atoms with van der Waals surface area (Å²) in [4.78, 5) is 0.0142. The van der Waals surface area contributed by atoms with E-state index < -0.39 is 10.0 Å². The molecule has 7 nitrogen and oxygen atoms in total. The molecule has 0 aromatic carbocycles. The monoisotopic (exact) mass is 255 g/mol. The van der Waals surface area contributed by atoms with E-state index in [4.69, 9.17) is 5.14 Å². The quantitative estimate of drug-likeness (QED) is 0.818. The molecule has 0 aliphatic carbocycles. The van der Waals surface area contributed by atoms with Crippen LogP contribution in [0.1, 0.15) is 12.5 Å². The highest BCUT2D eigenvalue weighted by Gasteiger charge is 2.10. The fourth-order valence-corrected chi connectivity index (χ4v) is 1.89. The summed E-state index contributed by atoms with van der Waals surface area (Å²) in [5, 5.41) is 13.0. The van der Waals surface area contributed by atoms with Crippen LogP contribution in [0.3, 0.4) is 0 Å². The maximum atomic E-state index is 11.1. The lowest BCUT2D eigenvalue weighted by atomic mass is 10.4. The van der Waals surface area contributed by atoms with Crippen LogP contribution in [0.25, 0.3) is 0 Å². The summed E-state index contributed by atoms with van der Waals surface area (Å²) in [7, 11) is -3.68. The molecule has 0 fully saturated rings. The van der Waals surface area contributed by atoms with Crippen molar-refractivity contribution in [2.75, 3.05) is 0 Å². The third-order valence-corrected chi connectivity index (χ3v) is 3.16. The van der Waals surface area contributed by atoms with E-state index >= 15 is 0 Å². The SMILES string of the molecule is CCn1cc(Cn2cc(S(N)(=O)=O)cn2)cn1. The number of aryl methyl sites for hydroxylation is 1. The molecule has 17 heavy (non-hydrogen) atoms. The fourth-order valence-electron chi connectivity index (χ4n) is 1.43. The third-order valence-electron chi connectivity index (χ3n) is 2.29. The van der Waals surface area contributed by atoms with Gasteiger partial charge < -0.3 is 0 Å². The maximum absolute atomic E-state index is 11.1. The molecule has 0 amide bonds.